The third-order valence-electron chi connectivity index (χ3n) is 3.07. The monoisotopic (exact) mass is 351 g/mol. The Morgan fingerprint density at radius 1 is 1.12 bits per heavy atom. The van der Waals surface area contributed by atoms with Crippen molar-refractivity contribution < 1.29 is 14.3 Å². The van der Waals surface area contributed by atoms with Crippen LogP contribution in [0.2, 0.25) is 0 Å². The second-order valence-electron chi connectivity index (χ2n) is 4.85. The molecule has 2 aromatic heterocycles. The molecule has 124 valence electrons. The van der Waals surface area contributed by atoms with Gasteiger partial charge in [-0.25, -0.2) is 10.2 Å². The number of carbonyl (C=O) groups excluding carboxylic acids is 2. The molecular formula is C18H13N3O3S. The number of thiophene rings is 1. The molecule has 25 heavy (non-hydrogen) atoms. The average Bonchev–Trinajstić information content (AvgIpc) is 3.17. The number of hydrazone groups is 1. The van der Waals surface area contributed by atoms with Crippen molar-refractivity contribution in [2.24, 2.45) is 5.10 Å². The van der Waals surface area contributed by atoms with Gasteiger partial charge in [-0.1, -0.05) is 24.3 Å². The van der Waals surface area contributed by atoms with Gasteiger partial charge in [-0.3, -0.25) is 9.78 Å². The van der Waals surface area contributed by atoms with Crippen LogP contribution in [-0.2, 0) is 0 Å². The van der Waals surface area contributed by atoms with E-state index in [4.69, 9.17) is 4.74 Å². The van der Waals surface area contributed by atoms with E-state index in [9.17, 15) is 9.59 Å². The molecular weight excluding hydrogens is 338 g/mol. The van der Waals surface area contributed by atoms with E-state index in [0.29, 0.717) is 16.2 Å². The number of ether oxygens (including phenoxy) is 1. The minimum Gasteiger partial charge on any atom is -0.422 e. The van der Waals surface area contributed by atoms with Crippen molar-refractivity contribution in [1.29, 1.82) is 0 Å². The maximum absolute atomic E-state index is 11.9. The Kier molecular flexibility index (Phi) is 5.28. The highest BCUT2D eigenvalue weighted by molar-refractivity contribution is 7.12. The third-order valence-corrected chi connectivity index (χ3v) is 3.92. The van der Waals surface area contributed by atoms with Crippen LogP contribution in [0.15, 0.2) is 71.3 Å². The summed E-state index contributed by atoms with van der Waals surface area (Å²) in [5.74, 6) is -0.414. The van der Waals surface area contributed by atoms with Crippen LogP contribution in [0.1, 0.15) is 25.7 Å². The zero-order valence-electron chi connectivity index (χ0n) is 13.0. The molecule has 3 rings (SSSR count). The SMILES string of the molecule is O=C(N/N=C\c1cccc(OC(=O)c2cccs2)c1)c1ccccn1. The lowest BCUT2D eigenvalue weighted by molar-refractivity contribution is 0.0739. The number of esters is 1. The summed E-state index contributed by atoms with van der Waals surface area (Å²) in [6.45, 7) is 0. The van der Waals surface area contributed by atoms with Crippen molar-refractivity contribution in [1.82, 2.24) is 10.4 Å². The maximum atomic E-state index is 11.9. The summed E-state index contributed by atoms with van der Waals surface area (Å²) >= 11 is 1.32. The molecule has 3 aromatic rings. The van der Waals surface area contributed by atoms with Crippen LogP contribution in [0, 0.1) is 0 Å². The van der Waals surface area contributed by atoms with Crippen molar-refractivity contribution >= 4 is 29.4 Å². The fourth-order valence-electron chi connectivity index (χ4n) is 1.93. The topological polar surface area (TPSA) is 80.6 Å². The zero-order valence-corrected chi connectivity index (χ0v) is 13.8. The Morgan fingerprint density at radius 3 is 2.80 bits per heavy atom. The van der Waals surface area contributed by atoms with E-state index in [1.54, 1.807) is 54.6 Å². The van der Waals surface area contributed by atoms with Gasteiger partial charge in [-0.05, 0) is 41.3 Å². The molecule has 0 bridgehead atoms. The molecule has 0 aliphatic rings. The van der Waals surface area contributed by atoms with Gasteiger partial charge in [0.05, 0.1) is 6.21 Å². The summed E-state index contributed by atoms with van der Waals surface area (Å²) in [5, 5.41) is 5.69. The van der Waals surface area contributed by atoms with E-state index < -0.39 is 11.9 Å². The van der Waals surface area contributed by atoms with E-state index in [1.165, 1.54) is 23.7 Å². The van der Waals surface area contributed by atoms with Crippen LogP contribution in [0.25, 0.3) is 0 Å². The molecule has 0 spiro atoms. The maximum Gasteiger partial charge on any atom is 0.353 e. The Bertz CT molecular complexity index is 893. The van der Waals surface area contributed by atoms with Crippen molar-refractivity contribution in [2.45, 2.75) is 0 Å². The number of aromatic nitrogens is 1. The summed E-state index contributed by atoms with van der Waals surface area (Å²) in [5.41, 5.74) is 3.35. The molecule has 1 aromatic carbocycles. The normalized spacial score (nSPS) is 10.6. The van der Waals surface area contributed by atoms with Crippen molar-refractivity contribution in [3.8, 4) is 5.75 Å². The van der Waals surface area contributed by atoms with Gasteiger partial charge < -0.3 is 4.74 Å². The fourth-order valence-corrected chi connectivity index (χ4v) is 2.53. The van der Waals surface area contributed by atoms with Gasteiger partial charge in [0, 0.05) is 6.20 Å². The van der Waals surface area contributed by atoms with Crippen LogP contribution in [0.4, 0.5) is 0 Å². The first kappa shape index (κ1) is 16.5. The number of hydrogen-bond acceptors (Lipinski definition) is 6. The predicted molar refractivity (Wildman–Crippen MR) is 95.0 cm³/mol. The minimum atomic E-state index is -0.410. The third kappa shape index (κ3) is 4.58. The quantitative estimate of drug-likeness (QED) is 0.331. The Hall–Kier alpha value is -3.32. The van der Waals surface area contributed by atoms with Gasteiger partial charge in [0.25, 0.3) is 5.91 Å². The van der Waals surface area contributed by atoms with E-state index in [0.717, 1.165) is 0 Å². The Balaban J connectivity index is 1.61. The first-order valence-electron chi connectivity index (χ1n) is 7.32. The van der Waals surface area contributed by atoms with Crippen LogP contribution in [0.3, 0.4) is 0 Å². The molecule has 1 N–H and O–H groups in total. The number of benzene rings is 1. The lowest BCUT2D eigenvalue weighted by Crippen LogP contribution is -2.18. The average molecular weight is 351 g/mol. The van der Waals surface area contributed by atoms with Gasteiger partial charge in [0.2, 0.25) is 0 Å². The number of nitrogens with one attached hydrogen (secondary N) is 1. The Morgan fingerprint density at radius 2 is 2.04 bits per heavy atom. The molecule has 0 aliphatic carbocycles. The summed E-state index contributed by atoms with van der Waals surface area (Å²) in [6, 6.07) is 15.4. The molecule has 0 saturated heterocycles. The molecule has 0 unspecified atom stereocenters. The second kappa shape index (κ2) is 7.98. The zero-order chi connectivity index (χ0) is 17.5. The van der Waals surface area contributed by atoms with E-state index in [-0.39, 0.29) is 5.69 Å². The smallest absolute Gasteiger partial charge is 0.353 e. The second-order valence-corrected chi connectivity index (χ2v) is 5.80. The lowest BCUT2D eigenvalue weighted by Gasteiger charge is -2.03. The number of rotatable bonds is 5. The molecule has 0 saturated carbocycles. The van der Waals surface area contributed by atoms with Gasteiger partial charge in [0.1, 0.15) is 16.3 Å². The van der Waals surface area contributed by atoms with Crippen LogP contribution in [0.5, 0.6) is 5.75 Å². The first-order chi connectivity index (χ1) is 12.2. The minimum absolute atomic E-state index is 0.276. The number of carbonyl (C=O) groups is 2. The number of amides is 1. The van der Waals surface area contributed by atoms with Crippen LogP contribution < -0.4 is 10.2 Å². The molecule has 0 radical (unpaired) electrons. The molecule has 0 fully saturated rings. The molecule has 1 amide bonds. The predicted octanol–water partition coefficient (Wildman–Crippen LogP) is 3.13. The lowest BCUT2D eigenvalue weighted by atomic mass is 10.2. The standard InChI is InChI=1S/C18H13N3O3S/c22-17(15-7-1-2-9-19-15)21-20-12-13-5-3-6-14(11-13)24-18(23)16-8-4-10-25-16/h1-12H,(H,21,22)/b20-12-. The van der Waals surface area contributed by atoms with Crippen molar-refractivity contribution in [3.63, 3.8) is 0 Å². The summed E-state index contributed by atoms with van der Waals surface area (Å²) in [7, 11) is 0. The van der Waals surface area contributed by atoms with Crippen LogP contribution in [-0.4, -0.2) is 23.1 Å². The Labute approximate surface area is 147 Å². The highest BCUT2D eigenvalue weighted by Gasteiger charge is 2.09. The number of pyridine rings is 1. The van der Waals surface area contributed by atoms with Crippen molar-refractivity contribution in [2.75, 3.05) is 0 Å². The molecule has 0 atom stereocenters. The highest BCUT2D eigenvalue weighted by Crippen LogP contribution is 2.16. The van der Waals surface area contributed by atoms with Gasteiger partial charge in [0.15, 0.2) is 0 Å². The van der Waals surface area contributed by atoms with Gasteiger partial charge in [-0.15, -0.1) is 11.3 Å². The fraction of sp³-hybridized carbons (Fsp3) is 0. The summed E-state index contributed by atoms with van der Waals surface area (Å²) < 4.78 is 5.31. The number of hydrogen-bond donors (Lipinski definition) is 1. The largest absolute Gasteiger partial charge is 0.422 e. The molecule has 2 heterocycles. The summed E-state index contributed by atoms with van der Waals surface area (Å²) in [6.07, 6.45) is 2.99. The molecule has 0 aliphatic heterocycles. The highest BCUT2D eigenvalue weighted by atomic mass is 32.1. The van der Waals surface area contributed by atoms with E-state index in [1.807, 2.05) is 5.38 Å². The van der Waals surface area contributed by atoms with Gasteiger partial charge in [-0.2, -0.15) is 5.10 Å². The van der Waals surface area contributed by atoms with E-state index in [2.05, 4.69) is 15.5 Å². The van der Waals surface area contributed by atoms with Crippen molar-refractivity contribution in [3.05, 3.63) is 82.3 Å². The summed E-state index contributed by atoms with van der Waals surface area (Å²) in [4.78, 5) is 28.2. The van der Waals surface area contributed by atoms with E-state index >= 15 is 0 Å². The first-order valence-corrected chi connectivity index (χ1v) is 8.20. The van der Waals surface area contributed by atoms with Gasteiger partial charge >= 0.3 is 5.97 Å². The molecule has 6 nitrogen and oxygen atoms in total. The number of nitrogens with zero attached hydrogens (tertiary/aromatic N) is 2. The molecule has 7 heteroatoms. The van der Waals surface area contributed by atoms with Crippen LogP contribution >= 0.6 is 11.3 Å².